The summed E-state index contributed by atoms with van der Waals surface area (Å²) >= 11 is 0. The number of aromatic nitrogens is 4. The van der Waals surface area contributed by atoms with Gasteiger partial charge in [0, 0.05) is 38.3 Å². The second-order valence-corrected chi connectivity index (χ2v) is 4.86. The topological polar surface area (TPSA) is 47.7 Å². The molecule has 0 spiro atoms. The minimum Gasteiger partial charge on any atom is -0.305 e. The first-order valence-electron chi connectivity index (χ1n) is 6.91. The lowest BCUT2D eigenvalue weighted by atomic mass is 10.2. The summed E-state index contributed by atoms with van der Waals surface area (Å²) in [5.41, 5.74) is 3.34. The molecule has 1 aromatic carbocycles. The van der Waals surface area contributed by atoms with Crippen LogP contribution >= 0.6 is 0 Å². The molecular formula is C15H19N5. The molecular weight excluding hydrogens is 250 g/mol. The number of nitrogens with zero attached hydrogens (tertiary/aromatic N) is 4. The maximum Gasteiger partial charge on any atom is 0.0841 e. The van der Waals surface area contributed by atoms with Crippen LogP contribution < -0.4 is 5.32 Å². The number of para-hydroxylation sites is 1. The molecule has 0 aliphatic heterocycles. The van der Waals surface area contributed by atoms with Gasteiger partial charge < -0.3 is 5.32 Å². The van der Waals surface area contributed by atoms with Crippen LogP contribution in [0.1, 0.15) is 18.3 Å². The number of rotatable bonds is 5. The van der Waals surface area contributed by atoms with Crippen molar-refractivity contribution >= 4 is 10.9 Å². The van der Waals surface area contributed by atoms with Crippen molar-refractivity contribution in [1.29, 1.82) is 0 Å². The summed E-state index contributed by atoms with van der Waals surface area (Å²) in [6.45, 7) is 4.52. The van der Waals surface area contributed by atoms with Crippen molar-refractivity contribution in [3.8, 4) is 0 Å². The zero-order valence-corrected chi connectivity index (χ0v) is 11.9. The summed E-state index contributed by atoms with van der Waals surface area (Å²) in [5.74, 6) is 0. The Morgan fingerprint density at radius 3 is 2.70 bits per heavy atom. The van der Waals surface area contributed by atoms with Crippen LogP contribution in [0.5, 0.6) is 0 Å². The number of hydrogen-bond donors (Lipinski definition) is 1. The Morgan fingerprint density at radius 2 is 1.95 bits per heavy atom. The molecule has 104 valence electrons. The smallest absolute Gasteiger partial charge is 0.0841 e. The summed E-state index contributed by atoms with van der Waals surface area (Å²) < 4.78 is 3.87. The van der Waals surface area contributed by atoms with Crippen molar-refractivity contribution in [3.05, 3.63) is 47.9 Å². The molecule has 2 aromatic heterocycles. The van der Waals surface area contributed by atoms with E-state index >= 15 is 0 Å². The van der Waals surface area contributed by atoms with Crippen LogP contribution in [0.4, 0.5) is 0 Å². The second-order valence-electron chi connectivity index (χ2n) is 4.86. The Balaban J connectivity index is 1.74. The predicted octanol–water partition coefficient (Wildman–Crippen LogP) is 2.08. The molecule has 20 heavy (non-hydrogen) atoms. The predicted molar refractivity (Wildman–Crippen MR) is 79.2 cm³/mol. The molecule has 0 aliphatic rings. The quantitative estimate of drug-likeness (QED) is 0.771. The number of hydrogen-bond acceptors (Lipinski definition) is 3. The fourth-order valence-corrected chi connectivity index (χ4v) is 2.43. The van der Waals surface area contributed by atoms with Crippen molar-refractivity contribution in [3.63, 3.8) is 0 Å². The lowest BCUT2D eigenvalue weighted by molar-refractivity contribution is 0.620. The number of nitrogens with one attached hydrogen (secondary N) is 1. The highest BCUT2D eigenvalue weighted by atomic mass is 15.3. The zero-order valence-electron chi connectivity index (χ0n) is 11.9. The van der Waals surface area contributed by atoms with Crippen LogP contribution in [0.25, 0.3) is 10.9 Å². The molecule has 0 saturated carbocycles. The van der Waals surface area contributed by atoms with Crippen LogP contribution in [0.3, 0.4) is 0 Å². The minimum absolute atomic E-state index is 0.754. The molecule has 0 atom stereocenters. The Bertz CT molecular complexity index is 710. The van der Waals surface area contributed by atoms with Gasteiger partial charge in [0.25, 0.3) is 0 Å². The summed E-state index contributed by atoms with van der Waals surface area (Å²) in [6, 6.07) is 10.4. The zero-order chi connectivity index (χ0) is 13.9. The maximum atomic E-state index is 4.67. The molecule has 0 unspecified atom stereocenters. The largest absolute Gasteiger partial charge is 0.305 e. The molecule has 0 fully saturated rings. The third-order valence-corrected chi connectivity index (χ3v) is 3.40. The molecule has 5 nitrogen and oxygen atoms in total. The third kappa shape index (κ3) is 2.44. The van der Waals surface area contributed by atoms with Gasteiger partial charge in [-0.05, 0) is 19.1 Å². The fraction of sp³-hybridized carbons (Fsp3) is 0.333. The first kappa shape index (κ1) is 12.9. The Kier molecular flexibility index (Phi) is 3.52. The van der Waals surface area contributed by atoms with E-state index in [2.05, 4.69) is 46.7 Å². The molecule has 0 radical (unpaired) electrons. The first-order valence-corrected chi connectivity index (χ1v) is 6.91. The van der Waals surface area contributed by atoms with E-state index in [0.29, 0.717) is 0 Å². The van der Waals surface area contributed by atoms with E-state index in [1.807, 2.05) is 28.7 Å². The Labute approximate surface area is 118 Å². The van der Waals surface area contributed by atoms with Crippen molar-refractivity contribution < 1.29 is 0 Å². The molecule has 1 N–H and O–H groups in total. The van der Waals surface area contributed by atoms with Crippen molar-refractivity contribution in [2.45, 2.75) is 26.6 Å². The number of benzene rings is 1. The third-order valence-electron chi connectivity index (χ3n) is 3.40. The molecule has 3 aromatic rings. The van der Waals surface area contributed by atoms with E-state index in [-0.39, 0.29) is 0 Å². The number of aryl methyl sites for hydroxylation is 2. The average Bonchev–Trinajstić information content (AvgIpc) is 3.03. The molecule has 0 aliphatic carbocycles. The standard InChI is InChI=1S/C15H19N5/c1-3-20-15-7-5-4-6-13(15)14(18-20)11-16-10-12-8-9-19(2)17-12/h4-9,16H,3,10-11H2,1-2H3. The van der Waals surface area contributed by atoms with E-state index < -0.39 is 0 Å². The highest BCUT2D eigenvalue weighted by Crippen LogP contribution is 2.18. The van der Waals surface area contributed by atoms with Crippen LogP contribution in [-0.2, 0) is 26.7 Å². The minimum atomic E-state index is 0.754. The summed E-state index contributed by atoms with van der Waals surface area (Å²) in [7, 11) is 1.93. The average molecular weight is 269 g/mol. The Hall–Kier alpha value is -2.14. The number of fused-ring (bicyclic) bond motifs is 1. The van der Waals surface area contributed by atoms with E-state index in [9.17, 15) is 0 Å². The molecule has 0 bridgehead atoms. The van der Waals surface area contributed by atoms with Crippen molar-refractivity contribution in [1.82, 2.24) is 24.9 Å². The van der Waals surface area contributed by atoms with Gasteiger partial charge in [-0.1, -0.05) is 18.2 Å². The van der Waals surface area contributed by atoms with Gasteiger partial charge in [0.1, 0.15) is 0 Å². The highest BCUT2D eigenvalue weighted by Gasteiger charge is 2.08. The highest BCUT2D eigenvalue weighted by molar-refractivity contribution is 5.81. The fourth-order valence-electron chi connectivity index (χ4n) is 2.43. The van der Waals surface area contributed by atoms with Crippen LogP contribution in [0, 0.1) is 0 Å². The SMILES string of the molecule is CCn1nc(CNCc2ccn(C)n2)c2ccccc21. The molecule has 5 heteroatoms. The van der Waals surface area contributed by atoms with Gasteiger partial charge in [0.05, 0.1) is 16.9 Å². The van der Waals surface area contributed by atoms with Gasteiger partial charge in [-0.3, -0.25) is 9.36 Å². The summed E-state index contributed by atoms with van der Waals surface area (Å²) in [4.78, 5) is 0. The summed E-state index contributed by atoms with van der Waals surface area (Å²) in [5, 5.41) is 13.7. The van der Waals surface area contributed by atoms with Gasteiger partial charge in [-0.15, -0.1) is 0 Å². The van der Waals surface area contributed by atoms with Crippen molar-refractivity contribution in [2.75, 3.05) is 0 Å². The maximum absolute atomic E-state index is 4.67. The first-order chi connectivity index (χ1) is 9.78. The van der Waals surface area contributed by atoms with Gasteiger partial charge in [-0.25, -0.2) is 0 Å². The van der Waals surface area contributed by atoms with Crippen LogP contribution in [-0.4, -0.2) is 19.6 Å². The van der Waals surface area contributed by atoms with Gasteiger partial charge in [-0.2, -0.15) is 10.2 Å². The molecule has 2 heterocycles. The molecule has 0 saturated heterocycles. The molecule has 0 amide bonds. The van der Waals surface area contributed by atoms with E-state index in [1.165, 1.54) is 10.9 Å². The second kappa shape index (κ2) is 5.46. The van der Waals surface area contributed by atoms with Gasteiger partial charge in [0.2, 0.25) is 0 Å². The van der Waals surface area contributed by atoms with Gasteiger partial charge in [0.15, 0.2) is 0 Å². The molecule has 3 rings (SSSR count). The van der Waals surface area contributed by atoms with E-state index in [4.69, 9.17) is 0 Å². The monoisotopic (exact) mass is 269 g/mol. The van der Waals surface area contributed by atoms with E-state index in [1.54, 1.807) is 0 Å². The summed E-state index contributed by atoms with van der Waals surface area (Å²) in [6.07, 6.45) is 1.96. The lowest BCUT2D eigenvalue weighted by Crippen LogP contribution is -2.14. The van der Waals surface area contributed by atoms with E-state index in [0.717, 1.165) is 31.0 Å². The van der Waals surface area contributed by atoms with Crippen molar-refractivity contribution in [2.24, 2.45) is 7.05 Å². The Morgan fingerprint density at radius 1 is 1.10 bits per heavy atom. The van der Waals surface area contributed by atoms with Gasteiger partial charge >= 0.3 is 0 Å². The normalized spacial score (nSPS) is 11.3. The van der Waals surface area contributed by atoms with Crippen LogP contribution in [0.15, 0.2) is 36.5 Å². The van der Waals surface area contributed by atoms with Crippen LogP contribution in [0.2, 0.25) is 0 Å². The lowest BCUT2D eigenvalue weighted by Gasteiger charge is -2.00.